The molecule has 0 unspecified atom stereocenters. The van der Waals surface area contributed by atoms with Gasteiger partial charge in [-0.25, -0.2) is 9.97 Å². The van der Waals surface area contributed by atoms with Crippen molar-refractivity contribution in [2.24, 2.45) is 0 Å². The van der Waals surface area contributed by atoms with Crippen LogP contribution in [0.3, 0.4) is 0 Å². The predicted molar refractivity (Wildman–Crippen MR) is 67.3 cm³/mol. The molecule has 0 saturated heterocycles. The molecule has 0 saturated carbocycles. The van der Waals surface area contributed by atoms with Gasteiger partial charge in [0.1, 0.15) is 11.1 Å². The number of nitrogens with zero attached hydrogens (tertiary/aromatic N) is 3. The van der Waals surface area contributed by atoms with Crippen molar-refractivity contribution in [3.05, 3.63) is 46.3 Å². The van der Waals surface area contributed by atoms with E-state index in [9.17, 15) is 0 Å². The zero-order valence-electron chi connectivity index (χ0n) is 8.39. The lowest BCUT2D eigenvalue weighted by Gasteiger charge is -2.03. The van der Waals surface area contributed by atoms with E-state index in [-0.39, 0.29) is 5.69 Å². The van der Waals surface area contributed by atoms with Crippen molar-refractivity contribution in [3.8, 4) is 6.07 Å². The molecule has 0 aliphatic rings. The van der Waals surface area contributed by atoms with Gasteiger partial charge in [0, 0.05) is 9.92 Å². The maximum absolute atomic E-state index is 8.60. The third kappa shape index (κ3) is 3.10. The van der Waals surface area contributed by atoms with Gasteiger partial charge >= 0.3 is 0 Å². The quantitative estimate of drug-likeness (QED) is 0.840. The van der Waals surface area contributed by atoms with Crippen molar-refractivity contribution in [3.63, 3.8) is 0 Å². The fourth-order valence-electron chi connectivity index (χ4n) is 1.09. The molecule has 2 rings (SSSR count). The summed E-state index contributed by atoms with van der Waals surface area (Å²) in [5.41, 5.74) is 0.284. The highest BCUT2D eigenvalue weighted by molar-refractivity contribution is 7.99. The van der Waals surface area contributed by atoms with Crippen LogP contribution >= 0.6 is 35.0 Å². The Morgan fingerprint density at radius 3 is 2.65 bits per heavy atom. The van der Waals surface area contributed by atoms with Crippen molar-refractivity contribution in [1.82, 2.24) is 9.97 Å². The Bertz CT molecular complexity index is 578. The number of hydrogen-bond donors (Lipinski definition) is 0. The Hall–Kier alpha value is -1.28. The molecule has 0 aliphatic heterocycles. The molecule has 0 fully saturated rings. The smallest absolute Gasteiger partial charge is 0.158 e. The molecule has 17 heavy (non-hydrogen) atoms. The third-order valence-electron chi connectivity index (χ3n) is 1.85. The second kappa shape index (κ2) is 5.37. The van der Waals surface area contributed by atoms with Gasteiger partial charge in [-0.2, -0.15) is 5.26 Å². The molecule has 1 aromatic heterocycles. The number of halogens is 2. The highest BCUT2D eigenvalue weighted by Crippen LogP contribution is 2.33. The highest BCUT2D eigenvalue weighted by Gasteiger charge is 2.05. The molecule has 0 radical (unpaired) electrons. The van der Waals surface area contributed by atoms with Gasteiger partial charge in [0.25, 0.3) is 0 Å². The lowest BCUT2D eigenvalue weighted by molar-refractivity contribution is 1.04. The molecule has 84 valence electrons. The number of nitriles is 1. The van der Waals surface area contributed by atoms with E-state index in [1.807, 2.05) is 6.07 Å². The molecule has 0 aliphatic carbocycles. The number of benzene rings is 1. The average Bonchev–Trinajstić information content (AvgIpc) is 2.35. The van der Waals surface area contributed by atoms with Gasteiger partial charge in [0.05, 0.1) is 17.4 Å². The maximum Gasteiger partial charge on any atom is 0.158 e. The van der Waals surface area contributed by atoms with E-state index in [2.05, 4.69) is 9.97 Å². The molecule has 0 atom stereocenters. The summed E-state index contributed by atoms with van der Waals surface area (Å²) in [5, 5.41) is 10.5. The lowest BCUT2D eigenvalue weighted by Crippen LogP contribution is -1.87. The van der Waals surface area contributed by atoms with E-state index in [4.69, 9.17) is 28.5 Å². The first-order valence-corrected chi connectivity index (χ1v) is 6.11. The lowest BCUT2D eigenvalue weighted by atomic mass is 10.4. The molecule has 0 N–H and O–H groups in total. The van der Waals surface area contributed by atoms with Crippen LogP contribution in [0.5, 0.6) is 0 Å². The van der Waals surface area contributed by atoms with Crippen LogP contribution in [0.4, 0.5) is 0 Å². The molecule has 0 amide bonds. The van der Waals surface area contributed by atoms with Crippen LogP contribution in [0.2, 0.25) is 10.0 Å². The van der Waals surface area contributed by atoms with Gasteiger partial charge in [-0.3, -0.25) is 0 Å². The Morgan fingerprint density at radius 1 is 1.18 bits per heavy atom. The normalized spacial score (nSPS) is 9.94. The molecular weight excluding hydrogens is 277 g/mol. The highest BCUT2D eigenvalue weighted by atomic mass is 35.5. The monoisotopic (exact) mass is 281 g/mol. The Kier molecular flexibility index (Phi) is 3.85. The Labute approximate surface area is 112 Å². The molecule has 1 heterocycles. The summed E-state index contributed by atoms with van der Waals surface area (Å²) in [7, 11) is 0. The fraction of sp³-hybridized carbons (Fsp3) is 0. The van der Waals surface area contributed by atoms with Crippen LogP contribution in [0, 0.1) is 11.3 Å². The van der Waals surface area contributed by atoms with Crippen LogP contribution in [0.1, 0.15) is 5.69 Å². The van der Waals surface area contributed by atoms with Crippen LogP contribution in [-0.4, -0.2) is 9.97 Å². The minimum Gasteiger partial charge on any atom is -0.245 e. The van der Waals surface area contributed by atoms with E-state index in [0.29, 0.717) is 15.1 Å². The SMILES string of the molecule is N#Cc1cnc(Sc2cc(Cl)ccc2Cl)cn1. The summed E-state index contributed by atoms with van der Waals surface area (Å²) in [6, 6.07) is 7.11. The summed E-state index contributed by atoms with van der Waals surface area (Å²) in [6.07, 6.45) is 2.95. The van der Waals surface area contributed by atoms with E-state index >= 15 is 0 Å². The molecule has 6 heteroatoms. The summed E-state index contributed by atoms with van der Waals surface area (Å²) >= 11 is 13.3. The van der Waals surface area contributed by atoms with Crippen molar-refractivity contribution in [1.29, 1.82) is 5.26 Å². The summed E-state index contributed by atoms with van der Waals surface area (Å²) < 4.78 is 0. The van der Waals surface area contributed by atoms with Gasteiger partial charge in [0.15, 0.2) is 5.69 Å². The minimum absolute atomic E-state index is 0.284. The first-order chi connectivity index (χ1) is 8.19. The topological polar surface area (TPSA) is 49.6 Å². The summed E-state index contributed by atoms with van der Waals surface area (Å²) in [5.74, 6) is 0. The second-order valence-corrected chi connectivity index (χ2v) is 4.93. The van der Waals surface area contributed by atoms with E-state index in [0.717, 1.165) is 4.90 Å². The first-order valence-electron chi connectivity index (χ1n) is 4.54. The molecule has 0 bridgehead atoms. The van der Waals surface area contributed by atoms with E-state index < -0.39 is 0 Å². The zero-order chi connectivity index (χ0) is 12.3. The first kappa shape index (κ1) is 12.2. The number of aromatic nitrogens is 2. The van der Waals surface area contributed by atoms with Gasteiger partial charge < -0.3 is 0 Å². The minimum atomic E-state index is 0.284. The molecule has 3 nitrogen and oxygen atoms in total. The van der Waals surface area contributed by atoms with Crippen molar-refractivity contribution in [2.45, 2.75) is 9.92 Å². The van der Waals surface area contributed by atoms with Crippen molar-refractivity contribution < 1.29 is 0 Å². The Balaban J connectivity index is 2.25. The number of hydrogen-bond acceptors (Lipinski definition) is 4. The number of rotatable bonds is 2. The van der Waals surface area contributed by atoms with Gasteiger partial charge in [-0.1, -0.05) is 35.0 Å². The summed E-state index contributed by atoms with van der Waals surface area (Å²) in [6.45, 7) is 0. The third-order valence-corrected chi connectivity index (χ3v) is 3.50. The zero-order valence-corrected chi connectivity index (χ0v) is 10.7. The van der Waals surface area contributed by atoms with Crippen LogP contribution < -0.4 is 0 Å². The predicted octanol–water partition coefficient (Wildman–Crippen LogP) is 3.81. The molecule has 2 aromatic rings. The van der Waals surface area contributed by atoms with Gasteiger partial charge in [0.2, 0.25) is 0 Å². The van der Waals surface area contributed by atoms with Gasteiger partial charge in [-0.15, -0.1) is 0 Å². The Morgan fingerprint density at radius 2 is 2.00 bits per heavy atom. The average molecular weight is 282 g/mol. The largest absolute Gasteiger partial charge is 0.245 e. The summed E-state index contributed by atoms with van der Waals surface area (Å²) in [4.78, 5) is 8.82. The molecule has 0 spiro atoms. The van der Waals surface area contributed by atoms with Crippen LogP contribution in [0.15, 0.2) is 40.5 Å². The van der Waals surface area contributed by atoms with Gasteiger partial charge in [-0.05, 0) is 18.2 Å². The van der Waals surface area contributed by atoms with E-state index in [1.165, 1.54) is 24.2 Å². The van der Waals surface area contributed by atoms with Crippen LogP contribution in [-0.2, 0) is 0 Å². The van der Waals surface area contributed by atoms with Crippen molar-refractivity contribution in [2.75, 3.05) is 0 Å². The molecule has 1 aromatic carbocycles. The maximum atomic E-state index is 8.60. The second-order valence-electron chi connectivity index (χ2n) is 3.03. The fourth-order valence-corrected chi connectivity index (χ4v) is 2.35. The van der Waals surface area contributed by atoms with E-state index in [1.54, 1.807) is 18.2 Å². The van der Waals surface area contributed by atoms with Crippen molar-refractivity contribution >= 4 is 35.0 Å². The van der Waals surface area contributed by atoms with Crippen LogP contribution in [0.25, 0.3) is 0 Å². The molecular formula is C11H5Cl2N3S. The standard InChI is InChI=1S/C11H5Cl2N3S/c12-7-1-2-9(13)10(3-7)17-11-6-15-8(4-14)5-16-11/h1-3,5-6H.